The van der Waals surface area contributed by atoms with E-state index in [1.165, 1.54) is 12.1 Å². The van der Waals surface area contributed by atoms with Crippen LogP contribution in [0.25, 0.3) is 5.76 Å². The van der Waals surface area contributed by atoms with E-state index < -0.39 is 23.5 Å². The third-order valence-electron chi connectivity index (χ3n) is 5.50. The van der Waals surface area contributed by atoms with Crippen LogP contribution < -0.4 is 0 Å². The maximum atomic E-state index is 13.5. The summed E-state index contributed by atoms with van der Waals surface area (Å²) in [7, 11) is 0. The number of amides is 1. The number of Topliss-reactive ketones (excluding diaryl/α,β-unsaturated/α-hetero) is 1. The molecule has 144 valence electrons. The van der Waals surface area contributed by atoms with Crippen molar-refractivity contribution in [2.24, 2.45) is 0 Å². The van der Waals surface area contributed by atoms with Gasteiger partial charge in [0.15, 0.2) is 0 Å². The number of ketones is 1. The van der Waals surface area contributed by atoms with E-state index in [0.29, 0.717) is 16.1 Å². The van der Waals surface area contributed by atoms with Crippen LogP contribution in [0.4, 0.5) is 4.39 Å². The van der Waals surface area contributed by atoms with Gasteiger partial charge in [-0.05, 0) is 54.8 Å². The van der Waals surface area contributed by atoms with Gasteiger partial charge in [-0.2, -0.15) is 0 Å². The molecule has 0 bridgehead atoms. The van der Waals surface area contributed by atoms with Crippen LogP contribution in [0.2, 0.25) is 5.02 Å². The first-order chi connectivity index (χ1) is 13.5. The Bertz CT molecular complexity index is 947. The van der Waals surface area contributed by atoms with Crippen molar-refractivity contribution in [2.45, 2.75) is 37.8 Å². The predicted molar refractivity (Wildman–Crippen MR) is 104 cm³/mol. The van der Waals surface area contributed by atoms with Crippen LogP contribution in [-0.4, -0.2) is 27.7 Å². The molecule has 1 aliphatic carbocycles. The summed E-state index contributed by atoms with van der Waals surface area (Å²) < 4.78 is 13.5. The van der Waals surface area contributed by atoms with E-state index >= 15 is 0 Å². The molecule has 1 saturated carbocycles. The number of rotatable bonds is 3. The number of aliphatic hydroxyl groups is 1. The summed E-state index contributed by atoms with van der Waals surface area (Å²) in [5, 5.41) is 11.4. The first-order valence-electron chi connectivity index (χ1n) is 9.29. The van der Waals surface area contributed by atoms with Crippen LogP contribution in [0.3, 0.4) is 0 Å². The molecule has 1 saturated heterocycles. The van der Waals surface area contributed by atoms with E-state index in [-0.39, 0.29) is 17.4 Å². The number of carbonyl (C=O) groups is 2. The molecule has 2 aromatic rings. The highest BCUT2D eigenvalue weighted by atomic mass is 35.5. The van der Waals surface area contributed by atoms with Crippen LogP contribution in [0, 0.1) is 5.82 Å². The van der Waals surface area contributed by atoms with Crippen molar-refractivity contribution in [3.05, 3.63) is 76.1 Å². The van der Waals surface area contributed by atoms with E-state index in [1.54, 1.807) is 41.3 Å². The average molecular weight is 400 g/mol. The molecular formula is C22H19ClFNO3. The summed E-state index contributed by atoms with van der Waals surface area (Å²) in [6.07, 6.45) is 3.60. The van der Waals surface area contributed by atoms with Crippen LogP contribution in [-0.2, 0) is 9.59 Å². The molecule has 4 nitrogen and oxygen atoms in total. The summed E-state index contributed by atoms with van der Waals surface area (Å²) in [6, 6.07) is 11.3. The zero-order valence-corrected chi connectivity index (χ0v) is 15.8. The molecule has 0 spiro atoms. The summed E-state index contributed by atoms with van der Waals surface area (Å²) in [6.45, 7) is 0. The lowest BCUT2D eigenvalue weighted by Crippen LogP contribution is -2.37. The van der Waals surface area contributed by atoms with Crippen LogP contribution in [0.5, 0.6) is 0 Å². The average Bonchev–Trinajstić information content (AvgIpc) is 3.30. The van der Waals surface area contributed by atoms with Gasteiger partial charge in [-0.1, -0.05) is 36.6 Å². The molecule has 1 unspecified atom stereocenters. The molecular weight excluding hydrogens is 381 g/mol. The Hall–Kier alpha value is -2.66. The van der Waals surface area contributed by atoms with Crippen molar-refractivity contribution in [1.82, 2.24) is 4.90 Å². The standard InChI is InChI=1S/C22H19ClFNO3/c23-15-9-5-14(6-10-15)20(26)18-19(13-7-11-16(24)12-8-13)25(22(28)21(18)27)17-3-1-2-4-17/h5-12,17,19,26H,1-4H2/b20-18-. The van der Waals surface area contributed by atoms with Gasteiger partial charge < -0.3 is 10.0 Å². The van der Waals surface area contributed by atoms with Crippen molar-refractivity contribution in [3.63, 3.8) is 0 Å². The Kier molecular flexibility index (Phi) is 4.94. The van der Waals surface area contributed by atoms with Crippen molar-refractivity contribution >= 4 is 29.1 Å². The fraction of sp³-hybridized carbons (Fsp3) is 0.273. The molecule has 6 heteroatoms. The number of hydrogen-bond donors (Lipinski definition) is 1. The van der Waals surface area contributed by atoms with Gasteiger partial charge >= 0.3 is 0 Å². The summed E-state index contributed by atoms with van der Waals surface area (Å²) in [4.78, 5) is 27.3. The molecule has 0 radical (unpaired) electrons. The van der Waals surface area contributed by atoms with Gasteiger partial charge in [0, 0.05) is 16.6 Å². The SMILES string of the molecule is O=C1C(=O)N(C2CCCC2)C(c2ccc(F)cc2)/C1=C(/O)c1ccc(Cl)cc1. The van der Waals surface area contributed by atoms with E-state index in [0.717, 1.165) is 25.7 Å². The number of carbonyl (C=O) groups excluding carboxylic acids is 2. The molecule has 1 aliphatic heterocycles. The normalized spacial score (nSPS) is 22.2. The highest BCUT2D eigenvalue weighted by molar-refractivity contribution is 6.46. The number of halogens is 2. The van der Waals surface area contributed by atoms with Gasteiger partial charge in [-0.15, -0.1) is 0 Å². The first-order valence-corrected chi connectivity index (χ1v) is 9.66. The van der Waals surface area contributed by atoms with Crippen molar-refractivity contribution in [3.8, 4) is 0 Å². The third kappa shape index (κ3) is 3.20. The third-order valence-corrected chi connectivity index (χ3v) is 5.75. The highest BCUT2D eigenvalue weighted by Gasteiger charge is 2.49. The molecule has 4 rings (SSSR count). The van der Waals surface area contributed by atoms with Gasteiger partial charge in [-0.3, -0.25) is 9.59 Å². The molecule has 2 fully saturated rings. The number of benzene rings is 2. The highest BCUT2D eigenvalue weighted by Crippen LogP contribution is 2.43. The lowest BCUT2D eigenvalue weighted by Gasteiger charge is -2.30. The Morgan fingerprint density at radius 2 is 1.61 bits per heavy atom. The first kappa shape index (κ1) is 18.7. The zero-order valence-electron chi connectivity index (χ0n) is 15.1. The Morgan fingerprint density at radius 3 is 2.21 bits per heavy atom. The van der Waals surface area contributed by atoms with Crippen molar-refractivity contribution < 1.29 is 19.1 Å². The number of likely N-dealkylation sites (tertiary alicyclic amines) is 1. The number of hydrogen-bond acceptors (Lipinski definition) is 3. The Labute approximate surface area is 167 Å². The van der Waals surface area contributed by atoms with Gasteiger partial charge in [0.1, 0.15) is 11.6 Å². The minimum absolute atomic E-state index is 0.0332. The van der Waals surface area contributed by atoms with E-state index in [1.807, 2.05) is 0 Å². The molecule has 2 aliphatic rings. The fourth-order valence-corrected chi connectivity index (χ4v) is 4.27. The monoisotopic (exact) mass is 399 g/mol. The van der Waals surface area contributed by atoms with Crippen LogP contribution in [0.15, 0.2) is 54.1 Å². The molecule has 1 atom stereocenters. The number of aliphatic hydroxyl groups excluding tert-OH is 1. The van der Waals surface area contributed by atoms with Gasteiger partial charge in [-0.25, -0.2) is 4.39 Å². The molecule has 2 aromatic carbocycles. The molecule has 0 aromatic heterocycles. The molecule has 1 amide bonds. The van der Waals surface area contributed by atoms with Crippen molar-refractivity contribution in [2.75, 3.05) is 0 Å². The van der Waals surface area contributed by atoms with Crippen LogP contribution >= 0.6 is 11.6 Å². The Balaban J connectivity index is 1.87. The van der Waals surface area contributed by atoms with Crippen LogP contribution in [0.1, 0.15) is 42.9 Å². The van der Waals surface area contributed by atoms with E-state index in [9.17, 15) is 19.1 Å². The smallest absolute Gasteiger partial charge is 0.295 e. The molecule has 1 N–H and O–H groups in total. The van der Waals surface area contributed by atoms with E-state index in [2.05, 4.69) is 0 Å². The minimum atomic E-state index is -0.737. The lowest BCUT2D eigenvalue weighted by molar-refractivity contribution is -0.141. The second-order valence-corrected chi connectivity index (χ2v) is 7.64. The van der Waals surface area contributed by atoms with Gasteiger partial charge in [0.05, 0.1) is 11.6 Å². The quantitative estimate of drug-likeness (QED) is 0.456. The van der Waals surface area contributed by atoms with E-state index in [4.69, 9.17) is 11.6 Å². The number of nitrogens with zero attached hydrogens (tertiary/aromatic N) is 1. The van der Waals surface area contributed by atoms with Crippen molar-refractivity contribution in [1.29, 1.82) is 0 Å². The maximum Gasteiger partial charge on any atom is 0.295 e. The maximum absolute atomic E-state index is 13.5. The summed E-state index contributed by atoms with van der Waals surface area (Å²) >= 11 is 5.91. The second-order valence-electron chi connectivity index (χ2n) is 7.20. The predicted octanol–water partition coefficient (Wildman–Crippen LogP) is 4.84. The summed E-state index contributed by atoms with van der Waals surface area (Å²) in [5.41, 5.74) is 1.04. The lowest BCUT2D eigenvalue weighted by atomic mass is 9.94. The molecule has 28 heavy (non-hydrogen) atoms. The topological polar surface area (TPSA) is 57.6 Å². The van der Waals surface area contributed by atoms with Gasteiger partial charge in [0.25, 0.3) is 11.7 Å². The minimum Gasteiger partial charge on any atom is -0.507 e. The Morgan fingerprint density at radius 1 is 1.00 bits per heavy atom. The second kappa shape index (κ2) is 7.40. The molecule has 1 heterocycles. The fourth-order valence-electron chi connectivity index (χ4n) is 4.14. The van der Waals surface area contributed by atoms with Gasteiger partial charge in [0.2, 0.25) is 0 Å². The zero-order chi connectivity index (χ0) is 19.8. The summed E-state index contributed by atoms with van der Waals surface area (Å²) in [5.74, 6) is -1.98. The largest absolute Gasteiger partial charge is 0.507 e.